The van der Waals surface area contributed by atoms with Crippen molar-refractivity contribution in [1.82, 2.24) is 10.2 Å². The van der Waals surface area contributed by atoms with E-state index in [1.54, 1.807) is 0 Å². The maximum absolute atomic E-state index is 11.7. The minimum Gasteiger partial charge on any atom is -0.380 e. The van der Waals surface area contributed by atoms with Gasteiger partial charge < -0.3 is 20.7 Å². The van der Waals surface area contributed by atoms with Crippen molar-refractivity contribution in [2.45, 2.75) is 63.1 Å². The summed E-state index contributed by atoms with van der Waals surface area (Å²) in [6.45, 7) is 4.76. The summed E-state index contributed by atoms with van der Waals surface area (Å²) in [5.74, 6) is -0.220. The first-order valence-corrected chi connectivity index (χ1v) is 7.87. The number of unbranched alkanes of at least 4 members (excludes halogenated alkanes) is 1. The van der Waals surface area contributed by atoms with E-state index in [1.165, 1.54) is 12.8 Å². The van der Waals surface area contributed by atoms with E-state index in [-0.39, 0.29) is 5.91 Å². The second-order valence-corrected chi connectivity index (χ2v) is 6.57. The van der Waals surface area contributed by atoms with Crippen molar-refractivity contribution in [3.8, 4) is 0 Å². The number of likely N-dealkylation sites (N-methyl/N-ethyl adjacent to an activating group) is 1. The number of primary amides is 1. The minimum absolute atomic E-state index is 0.220. The zero-order valence-electron chi connectivity index (χ0n) is 12.9. The fourth-order valence-corrected chi connectivity index (χ4v) is 2.84. The van der Waals surface area contributed by atoms with Gasteiger partial charge in [0.2, 0.25) is 5.91 Å². The molecule has 1 saturated heterocycles. The van der Waals surface area contributed by atoms with Crippen molar-refractivity contribution in [3.05, 3.63) is 0 Å². The molecule has 20 heavy (non-hydrogen) atoms. The lowest BCUT2D eigenvalue weighted by Gasteiger charge is -2.28. The molecule has 1 aliphatic carbocycles. The summed E-state index contributed by atoms with van der Waals surface area (Å²) in [4.78, 5) is 14.0. The molecule has 0 aromatic carbocycles. The molecule has 1 aliphatic heterocycles. The topological polar surface area (TPSA) is 67.6 Å². The van der Waals surface area contributed by atoms with E-state index in [0.29, 0.717) is 12.1 Å². The van der Waals surface area contributed by atoms with Gasteiger partial charge in [-0.2, -0.15) is 0 Å². The van der Waals surface area contributed by atoms with Crippen molar-refractivity contribution in [2.24, 2.45) is 5.73 Å². The van der Waals surface area contributed by atoms with Crippen LogP contribution < -0.4 is 11.1 Å². The smallest absolute Gasteiger partial charge is 0.237 e. The van der Waals surface area contributed by atoms with E-state index < -0.39 is 5.54 Å². The van der Waals surface area contributed by atoms with Crippen LogP contribution in [0.25, 0.3) is 0 Å². The first-order valence-electron chi connectivity index (χ1n) is 7.87. The Labute approximate surface area is 122 Å². The lowest BCUT2D eigenvalue weighted by atomic mass is 9.93. The number of carbonyl (C=O) groups excluding carboxylic acids is 1. The van der Waals surface area contributed by atoms with E-state index in [0.717, 1.165) is 45.4 Å². The maximum atomic E-state index is 11.7. The SMILES string of the molecule is CN(CCCCC(C)(NC1CC1)C(N)=O)C1CCOC1. The third kappa shape index (κ3) is 4.43. The highest BCUT2D eigenvalue weighted by Crippen LogP contribution is 2.25. The Morgan fingerprint density at radius 3 is 2.70 bits per heavy atom. The fourth-order valence-electron chi connectivity index (χ4n) is 2.84. The normalized spacial score (nSPS) is 25.9. The minimum atomic E-state index is -0.532. The summed E-state index contributed by atoms with van der Waals surface area (Å²) in [6.07, 6.45) is 6.44. The highest BCUT2D eigenvalue weighted by atomic mass is 16.5. The van der Waals surface area contributed by atoms with E-state index in [2.05, 4.69) is 17.3 Å². The van der Waals surface area contributed by atoms with Gasteiger partial charge in [0.25, 0.3) is 0 Å². The summed E-state index contributed by atoms with van der Waals surface area (Å²) in [5.41, 5.74) is 5.03. The number of nitrogens with two attached hydrogens (primary N) is 1. The van der Waals surface area contributed by atoms with Gasteiger partial charge in [0.05, 0.1) is 12.1 Å². The molecule has 2 rings (SSSR count). The molecule has 2 atom stereocenters. The number of nitrogens with one attached hydrogen (secondary N) is 1. The van der Waals surface area contributed by atoms with Crippen LogP contribution in [0.5, 0.6) is 0 Å². The molecular formula is C15H29N3O2. The third-order valence-electron chi connectivity index (χ3n) is 4.61. The van der Waals surface area contributed by atoms with Crippen LogP contribution in [0, 0.1) is 0 Å². The molecule has 2 unspecified atom stereocenters. The fraction of sp³-hybridized carbons (Fsp3) is 0.933. The van der Waals surface area contributed by atoms with Crippen molar-refractivity contribution >= 4 is 5.91 Å². The van der Waals surface area contributed by atoms with E-state index in [9.17, 15) is 4.79 Å². The Morgan fingerprint density at radius 2 is 2.15 bits per heavy atom. The third-order valence-corrected chi connectivity index (χ3v) is 4.61. The van der Waals surface area contributed by atoms with Crippen LogP contribution in [0.15, 0.2) is 0 Å². The Morgan fingerprint density at radius 1 is 1.40 bits per heavy atom. The molecule has 2 aliphatic rings. The van der Waals surface area contributed by atoms with Crippen molar-refractivity contribution in [2.75, 3.05) is 26.8 Å². The Bertz CT molecular complexity index is 327. The highest BCUT2D eigenvalue weighted by molar-refractivity contribution is 5.84. The Balaban J connectivity index is 1.66. The van der Waals surface area contributed by atoms with Crippen LogP contribution in [-0.2, 0) is 9.53 Å². The lowest BCUT2D eigenvalue weighted by molar-refractivity contribution is -0.124. The van der Waals surface area contributed by atoms with Gasteiger partial charge in [-0.3, -0.25) is 4.79 Å². The Hall–Kier alpha value is -0.650. The summed E-state index contributed by atoms with van der Waals surface area (Å²) in [7, 11) is 2.16. The van der Waals surface area contributed by atoms with Gasteiger partial charge in [-0.05, 0) is 59.0 Å². The summed E-state index contributed by atoms with van der Waals surface area (Å²) >= 11 is 0. The highest BCUT2D eigenvalue weighted by Gasteiger charge is 2.36. The van der Waals surface area contributed by atoms with E-state index in [1.807, 2.05) is 6.92 Å². The Kier molecular flexibility index (Phi) is 5.41. The summed E-state index contributed by atoms with van der Waals surface area (Å²) < 4.78 is 5.41. The van der Waals surface area contributed by atoms with Crippen molar-refractivity contribution < 1.29 is 9.53 Å². The van der Waals surface area contributed by atoms with Crippen molar-refractivity contribution in [1.29, 1.82) is 0 Å². The molecule has 2 fully saturated rings. The van der Waals surface area contributed by atoms with Crippen LogP contribution in [-0.4, -0.2) is 55.2 Å². The molecule has 5 nitrogen and oxygen atoms in total. The quantitative estimate of drug-likeness (QED) is 0.616. The monoisotopic (exact) mass is 283 g/mol. The average molecular weight is 283 g/mol. The van der Waals surface area contributed by atoms with Crippen LogP contribution in [0.4, 0.5) is 0 Å². The van der Waals surface area contributed by atoms with E-state index >= 15 is 0 Å². The number of hydrogen-bond acceptors (Lipinski definition) is 4. The average Bonchev–Trinajstić information content (AvgIpc) is 3.04. The summed E-state index contributed by atoms with van der Waals surface area (Å²) in [6, 6.07) is 1.08. The largest absolute Gasteiger partial charge is 0.380 e. The zero-order chi connectivity index (χ0) is 14.6. The molecular weight excluding hydrogens is 254 g/mol. The molecule has 1 amide bonds. The van der Waals surface area contributed by atoms with Crippen LogP contribution in [0.2, 0.25) is 0 Å². The van der Waals surface area contributed by atoms with Gasteiger partial charge in [0.15, 0.2) is 0 Å². The van der Waals surface area contributed by atoms with E-state index in [4.69, 9.17) is 10.5 Å². The lowest BCUT2D eigenvalue weighted by Crippen LogP contribution is -2.54. The molecule has 0 bridgehead atoms. The van der Waals surface area contributed by atoms with Gasteiger partial charge in [0, 0.05) is 18.7 Å². The van der Waals surface area contributed by atoms with Crippen LogP contribution in [0.3, 0.4) is 0 Å². The maximum Gasteiger partial charge on any atom is 0.237 e. The molecule has 0 radical (unpaired) electrons. The first kappa shape index (κ1) is 15.7. The second-order valence-electron chi connectivity index (χ2n) is 6.57. The van der Waals surface area contributed by atoms with Gasteiger partial charge in [0.1, 0.15) is 0 Å². The number of amides is 1. The van der Waals surface area contributed by atoms with Gasteiger partial charge in [-0.15, -0.1) is 0 Å². The molecule has 5 heteroatoms. The molecule has 3 N–H and O–H groups in total. The molecule has 1 heterocycles. The first-order chi connectivity index (χ1) is 9.51. The van der Waals surface area contributed by atoms with Gasteiger partial charge in [-0.25, -0.2) is 0 Å². The zero-order valence-corrected chi connectivity index (χ0v) is 12.9. The summed E-state index contributed by atoms with van der Waals surface area (Å²) in [5, 5.41) is 3.40. The van der Waals surface area contributed by atoms with Gasteiger partial charge >= 0.3 is 0 Å². The van der Waals surface area contributed by atoms with Crippen molar-refractivity contribution in [3.63, 3.8) is 0 Å². The molecule has 1 saturated carbocycles. The number of hydrogen-bond donors (Lipinski definition) is 2. The van der Waals surface area contributed by atoms with Crippen LogP contribution in [0.1, 0.15) is 45.4 Å². The molecule has 116 valence electrons. The molecule has 0 spiro atoms. The van der Waals surface area contributed by atoms with Gasteiger partial charge in [-0.1, -0.05) is 0 Å². The molecule has 0 aromatic heterocycles. The standard InChI is InChI=1S/C15H29N3O2/c1-15(14(16)19,17-12-5-6-12)8-3-4-9-18(2)13-7-10-20-11-13/h12-13,17H,3-11H2,1-2H3,(H2,16,19). The second kappa shape index (κ2) is 6.87. The number of nitrogens with zero attached hydrogens (tertiary/aromatic N) is 1. The van der Waals surface area contributed by atoms with Crippen LogP contribution >= 0.6 is 0 Å². The number of rotatable bonds is 9. The number of ether oxygens (including phenoxy) is 1. The predicted molar refractivity (Wildman–Crippen MR) is 79.5 cm³/mol. The molecule has 0 aromatic rings. The predicted octanol–water partition coefficient (Wildman–Crippen LogP) is 0.873. The number of carbonyl (C=O) groups is 1.